The van der Waals surface area contributed by atoms with Gasteiger partial charge < -0.3 is 0 Å². The average Bonchev–Trinajstić information content (AvgIpc) is 3.23. The molecule has 0 bridgehead atoms. The molecule has 320 valence electrons. The largest absolute Gasteiger partial charge is 0.0653 e. The van der Waals surface area contributed by atoms with E-state index in [2.05, 4.69) is 204 Å². The molecule has 0 aliphatic rings. The molecule has 0 aromatic heterocycles. The van der Waals surface area contributed by atoms with Crippen LogP contribution in [0.25, 0.3) is 0 Å². The SMILES string of the molecule is CCCC(P(c1ccc(C)c(C)c1C)c1ccc(C)c(C)c1C)(P(c1ccc(C)c(C)c1C)c1ccc(C)c(C)c1C)P(c1ccc(C)c(C)c1C)c1ccc(C)c(C)c1C. The van der Waals surface area contributed by atoms with Crippen LogP contribution in [0, 0.1) is 125 Å². The van der Waals surface area contributed by atoms with Crippen molar-refractivity contribution in [1.82, 2.24) is 0 Å². The zero-order chi connectivity index (χ0) is 45.0. The number of benzene rings is 6. The molecule has 0 N–H and O–H groups in total. The second-order valence-corrected chi connectivity index (χ2v) is 26.7. The van der Waals surface area contributed by atoms with Crippen molar-refractivity contribution in [3.8, 4) is 0 Å². The predicted octanol–water partition coefficient (Wildman–Crippen LogP) is 14.4. The fourth-order valence-corrected chi connectivity index (χ4v) is 24.7. The molecule has 0 aliphatic carbocycles. The van der Waals surface area contributed by atoms with Gasteiger partial charge in [-0.1, -0.05) is 86.1 Å². The third kappa shape index (κ3) is 8.07. The van der Waals surface area contributed by atoms with Gasteiger partial charge in [0.2, 0.25) is 0 Å². The van der Waals surface area contributed by atoms with Gasteiger partial charge in [-0.25, -0.2) is 0 Å². The molecule has 0 spiro atoms. The van der Waals surface area contributed by atoms with E-state index in [4.69, 9.17) is 0 Å². The Morgan fingerprint density at radius 3 is 0.574 bits per heavy atom. The van der Waals surface area contributed by atoms with Gasteiger partial charge in [0.25, 0.3) is 0 Å². The first-order valence-electron chi connectivity index (χ1n) is 22.5. The molecule has 0 aliphatic heterocycles. The van der Waals surface area contributed by atoms with Gasteiger partial charge in [-0.2, -0.15) is 0 Å². The number of hydrogen-bond donors (Lipinski definition) is 0. The highest BCUT2D eigenvalue weighted by Gasteiger charge is 2.56. The summed E-state index contributed by atoms with van der Waals surface area (Å²) in [6, 6.07) is 30.3. The Hall–Kier alpha value is -3.39. The highest BCUT2D eigenvalue weighted by atomic mass is 31.2. The Bertz CT molecular complexity index is 2200. The Morgan fingerprint density at radius 2 is 0.426 bits per heavy atom. The van der Waals surface area contributed by atoms with Crippen LogP contribution >= 0.6 is 23.8 Å². The smallest absolute Gasteiger partial charge is 0.0546 e. The molecule has 0 amide bonds. The van der Waals surface area contributed by atoms with E-state index in [0.29, 0.717) is 0 Å². The molecule has 6 aromatic rings. The summed E-state index contributed by atoms with van der Waals surface area (Å²) in [7, 11) is -3.11. The van der Waals surface area contributed by atoms with Crippen molar-refractivity contribution < 1.29 is 0 Å². The van der Waals surface area contributed by atoms with Crippen LogP contribution in [0.15, 0.2) is 72.8 Å². The predicted molar refractivity (Wildman–Crippen MR) is 280 cm³/mol. The minimum atomic E-state index is -1.04. The second kappa shape index (κ2) is 18.4. The lowest BCUT2D eigenvalue weighted by Crippen LogP contribution is -2.45. The van der Waals surface area contributed by atoms with E-state index in [1.807, 2.05) is 0 Å². The van der Waals surface area contributed by atoms with Crippen LogP contribution in [-0.2, 0) is 0 Å². The summed E-state index contributed by atoms with van der Waals surface area (Å²) < 4.78 is -0.217. The van der Waals surface area contributed by atoms with Crippen LogP contribution in [0.5, 0.6) is 0 Å². The highest BCUT2D eigenvalue weighted by Crippen LogP contribution is 2.80. The zero-order valence-corrected chi connectivity index (χ0v) is 43.9. The zero-order valence-electron chi connectivity index (χ0n) is 41.2. The lowest BCUT2D eigenvalue weighted by Gasteiger charge is -2.55. The van der Waals surface area contributed by atoms with Crippen LogP contribution in [0.3, 0.4) is 0 Å². The topological polar surface area (TPSA) is 0 Å². The number of rotatable bonds is 11. The molecule has 0 nitrogen and oxygen atoms in total. The lowest BCUT2D eigenvalue weighted by molar-refractivity contribution is 0.828. The molecule has 0 fully saturated rings. The van der Waals surface area contributed by atoms with Gasteiger partial charge in [0.1, 0.15) is 0 Å². The van der Waals surface area contributed by atoms with Gasteiger partial charge in [-0.3, -0.25) is 0 Å². The van der Waals surface area contributed by atoms with E-state index < -0.39 is 23.8 Å². The fraction of sp³-hybridized carbons (Fsp3) is 0.379. The summed E-state index contributed by atoms with van der Waals surface area (Å²) in [5.41, 5.74) is 25.7. The molecule has 6 rings (SSSR count). The van der Waals surface area contributed by atoms with E-state index in [1.54, 1.807) is 31.8 Å². The molecule has 0 saturated heterocycles. The maximum atomic E-state index is 2.59. The molecule has 3 heteroatoms. The van der Waals surface area contributed by atoms with Crippen LogP contribution in [0.4, 0.5) is 0 Å². The summed E-state index contributed by atoms with van der Waals surface area (Å²) in [6.45, 7) is 45.3. The maximum Gasteiger partial charge on any atom is 0.0546 e. The van der Waals surface area contributed by atoms with E-state index in [9.17, 15) is 0 Å². The first-order valence-corrected chi connectivity index (χ1v) is 26.6. The van der Waals surface area contributed by atoms with E-state index in [0.717, 1.165) is 12.8 Å². The van der Waals surface area contributed by atoms with Crippen molar-refractivity contribution in [2.75, 3.05) is 0 Å². The van der Waals surface area contributed by atoms with E-state index in [1.165, 1.54) is 100 Å². The number of aryl methyl sites for hydroxylation is 6. The molecule has 0 radical (unpaired) electrons. The van der Waals surface area contributed by atoms with Crippen molar-refractivity contribution in [3.63, 3.8) is 0 Å². The Morgan fingerprint density at radius 1 is 0.262 bits per heavy atom. The minimum Gasteiger partial charge on any atom is -0.0653 e. The molecule has 0 saturated carbocycles. The van der Waals surface area contributed by atoms with Crippen molar-refractivity contribution in [3.05, 3.63) is 173 Å². The van der Waals surface area contributed by atoms with Gasteiger partial charge in [0, 0.05) is 0 Å². The molecule has 61 heavy (non-hydrogen) atoms. The van der Waals surface area contributed by atoms with Crippen LogP contribution in [0.1, 0.15) is 120 Å². The summed E-state index contributed by atoms with van der Waals surface area (Å²) >= 11 is 0. The van der Waals surface area contributed by atoms with Crippen molar-refractivity contribution in [2.45, 2.75) is 149 Å². The van der Waals surface area contributed by atoms with Gasteiger partial charge in [-0.15, -0.1) is 0 Å². The van der Waals surface area contributed by atoms with Crippen molar-refractivity contribution in [2.24, 2.45) is 0 Å². The second-order valence-electron chi connectivity index (χ2n) is 18.4. The molecular weight excluding hydrogens is 790 g/mol. The van der Waals surface area contributed by atoms with Gasteiger partial charge >= 0.3 is 0 Å². The molecule has 6 aromatic carbocycles. The summed E-state index contributed by atoms with van der Waals surface area (Å²) in [6.07, 6.45) is 2.19. The molecular formula is C58H73P3. The van der Waals surface area contributed by atoms with Crippen LogP contribution < -0.4 is 31.8 Å². The van der Waals surface area contributed by atoms with Gasteiger partial charge in [0.05, 0.1) is 4.64 Å². The Kier molecular flexibility index (Phi) is 14.2. The molecule has 0 heterocycles. The summed E-state index contributed by atoms with van der Waals surface area (Å²) in [5.74, 6) is 0. The highest BCUT2D eigenvalue weighted by molar-refractivity contribution is 8.05. The minimum absolute atomic E-state index is 0.217. The first-order chi connectivity index (χ1) is 28.7. The molecule has 0 atom stereocenters. The average molecular weight is 863 g/mol. The Balaban J connectivity index is 2.06. The van der Waals surface area contributed by atoms with E-state index >= 15 is 0 Å². The normalized spacial score (nSPS) is 12.1. The lowest BCUT2D eigenvalue weighted by atomic mass is 10.0. The quantitative estimate of drug-likeness (QED) is 0.114. The standard InChI is InChI=1S/C58H73P3/c1-20-33-58(59(52-27-21-34(2)40(8)46(52)14)53-28-22-35(3)41(9)47(53)15,60(54-29-23-36(4)42(10)48(54)16)55-30-24-37(5)43(11)49(55)17)61(56-31-25-38(6)44(12)50(56)18)57-32-26-39(7)45(13)51(57)19/h21-32H,20,33H2,1-19H3. The van der Waals surface area contributed by atoms with Gasteiger partial charge in [0.15, 0.2) is 0 Å². The number of hydrogen-bond acceptors (Lipinski definition) is 0. The fourth-order valence-electron chi connectivity index (χ4n) is 9.62. The van der Waals surface area contributed by atoms with Crippen LogP contribution in [-0.4, -0.2) is 4.64 Å². The monoisotopic (exact) mass is 862 g/mol. The summed E-state index contributed by atoms with van der Waals surface area (Å²) in [5, 5.41) is 9.35. The van der Waals surface area contributed by atoms with Gasteiger partial charge in [-0.05, 0) is 287 Å². The molecule has 0 unspecified atom stereocenters. The van der Waals surface area contributed by atoms with Crippen molar-refractivity contribution in [1.29, 1.82) is 0 Å². The Labute approximate surface area is 375 Å². The maximum absolute atomic E-state index is 2.59. The third-order valence-electron chi connectivity index (χ3n) is 15.3. The van der Waals surface area contributed by atoms with Crippen molar-refractivity contribution >= 4 is 55.6 Å². The van der Waals surface area contributed by atoms with E-state index in [-0.39, 0.29) is 4.64 Å². The van der Waals surface area contributed by atoms with Crippen LogP contribution in [0.2, 0.25) is 0 Å². The first kappa shape index (κ1) is 47.1. The third-order valence-corrected chi connectivity index (χ3v) is 27.5. The summed E-state index contributed by atoms with van der Waals surface area (Å²) in [4.78, 5) is 0.